The first kappa shape index (κ1) is 33.8. The van der Waals surface area contributed by atoms with Crippen molar-refractivity contribution in [3.8, 4) is 0 Å². The third-order valence-electron chi connectivity index (χ3n) is 6.98. The third-order valence-corrected chi connectivity index (χ3v) is 7.32. The summed E-state index contributed by atoms with van der Waals surface area (Å²) in [6.45, 7) is 0. The number of amides is 2. The number of hydrogen-bond acceptors (Lipinski definition) is 8. The maximum Gasteiger partial charge on any atom is 0.493 e. The standard InChI is InChI=1S/C26H15ClF8N4O8/c27-13-2-1-10(28)6-12(13)18-16-14(36-20(40)8-3-9(23(30,31)32)5-11(29)4-8)7-15-19(17(16)21(41)37-18)39(26(33,34)35)22(42)38(15)24(43,44)25(45,46)47/h1-7,18,43-47H,(H,36,40)(H,37,41). The zero-order chi connectivity index (χ0) is 35.2. The molecule has 1 unspecified atom stereocenters. The first-order valence-electron chi connectivity index (χ1n) is 12.4. The van der Waals surface area contributed by atoms with E-state index in [1.54, 1.807) is 0 Å². The first-order chi connectivity index (χ1) is 21.4. The summed E-state index contributed by atoms with van der Waals surface area (Å²) in [5.41, 5.74) is -11.4. The number of aromatic nitrogens is 2. The van der Waals surface area contributed by atoms with Crippen molar-refractivity contribution in [1.82, 2.24) is 14.5 Å². The fourth-order valence-electron chi connectivity index (χ4n) is 5.01. The monoisotopic (exact) mass is 698 g/mol. The van der Waals surface area contributed by atoms with Crippen molar-refractivity contribution < 1.29 is 70.2 Å². The van der Waals surface area contributed by atoms with Crippen LogP contribution in [0.3, 0.4) is 0 Å². The van der Waals surface area contributed by atoms with Crippen molar-refractivity contribution in [3.05, 3.63) is 97.4 Å². The van der Waals surface area contributed by atoms with Crippen LogP contribution >= 0.6 is 11.6 Å². The Balaban J connectivity index is 1.90. The first-order valence-corrected chi connectivity index (χ1v) is 12.8. The minimum atomic E-state index is -5.83. The Morgan fingerprint density at radius 1 is 0.872 bits per heavy atom. The summed E-state index contributed by atoms with van der Waals surface area (Å²) in [7, 11) is 0. The number of carbonyl (C=O) groups is 2. The molecule has 0 spiro atoms. The van der Waals surface area contributed by atoms with Gasteiger partial charge in [0.15, 0.2) is 0 Å². The van der Waals surface area contributed by atoms with E-state index in [1.165, 1.54) is 0 Å². The molecule has 1 aliphatic heterocycles. The summed E-state index contributed by atoms with van der Waals surface area (Å²) < 4.78 is 109. The molecule has 1 atom stereocenters. The average Bonchev–Trinajstić information content (AvgIpc) is 3.42. The predicted molar refractivity (Wildman–Crippen MR) is 139 cm³/mol. The largest absolute Gasteiger partial charge is 0.493 e. The SMILES string of the molecule is O=C(Nc1cc2c(c3c1C(c1cc(F)ccc1Cl)NC3=O)n(C(F)(F)F)c(=O)n2C(O)(O)C(O)(O)O)c1cc(F)cc(C(F)(F)F)c1. The lowest BCUT2D eigenvalue weighted by Gasteiger charge is -2.30. The summed E-state index contributed by atoms with van der Waals surface area (Å²) in [5, 5.41) is 52.8. The smallest absolute Gasteiger partial charge is 0.342 e. The minimum absolute atomic E-state index is 0.0384. The molecule has 3 aromatic carbocycles. The Hall–Kier alpha value is -4.60. The zero-order valence-electron chi connectivity index (χ0n) is 22.4. The second-order valence-corrected chi connectivity index (χ2v) is 10.4. The minimum Gasteiger partial charge on any atom is -0.342 e. The summed E-state index contributed by atoms with van der Waals surface area (Å²) in [6, 6.07) is 1.62. The fourth-order valence-corrected chi connectivity index (χ4v) is 5.24. The van der Waals surface area contributed by atoms with Gasteiger partial charge in [-0.2, -0.15) is 13.2 Å². The predicted octanol–water partition coefficient (Wildman–Crippen LogP) is 2.54. The fraction of sp³-hybridized carbons (Fsp3) is 0.192. The highest BCUT2D eigenvalue weighted by Gasteiger charge is 2.54. The second kappa shape index (κ2) is 10.7. The van der Waals surface area contributed by atoms with E-state index in [-0.39, 0.29) is 22.7 Å². The van der Waals surface area contributed by atoms with Gasteiger partial charge in [0.05, 0.1) is 28.2 Å². The van der Waals surface area contributed by atoms with Crippen LogP contribution in [0.5, 0.6) is 0 Å². The van der Waals surface area contributed by atoms with Gasteiger partial charge in [-0.05, 0) is 42.5 Å². The molecule has 0 fully saturated rings. The Morgan fingerprint density at radius 3 is 2.09 bits per heavy atom. The Labute approximate surface area is 258 Å². The van der Waals surface area contributed by atoms with E-state index in [0.29, 0.717) is 18.2 Å². The highest BCUT2D eigenvalue weighted by atomic mass is 35.5. The normalized spacial score (nSPS) is 15.6. The van der Waals surface area contributed by atoms with Crippen LogP contribution in [-0.4, -0.2) is 52.5 Å². The number of imidazole rings is 1. The van der Waals surface area contributed by atoms with E-state index >= 15 is 0 Å². The lowest BCUT2D eigenvalue weighted by Crippen LogP contribution is -2.59. The van der Waals surface area contributed by atoms with E-state index in [4.69, 9.17) is 11.6 Å². The van der Waals surface area contributed by atoms with Crippen molar-refractivity contribution in [1.29, 1.82) is 0 Å². The van der Waals surface area contributed by atoms with Crippen LogP contribution in [-0.2, 0) is 18.4 Å². The number of aliphatic hydroxyl groups is 5. The molecule has 12 nitrogen and oxygen atoms in total. The molecule has 0 radical (unpaired) electrons. The van der Waals surface area contributed by atoms with Crippen LogP contribution in [0.15, 0.2) is 47.3 Å². The van der Waals surface area contributed by atoms with Crippen molar-refractivity contribution >= 4 is 40.1 Å². The van der Waals surface area contributed by atoms with Gasteiger partial charge in [-0.25, -0.2) is 22.7 Å². The molecule has 5 rings (SSSR count). The van der Waals surface area contributed by atoms with E-state index in [0.717, 1.165) is 12.1 Å². The molecule has 1 aliphatic rings. The number of fused-ring (bicyclic) bond motifs is 3. The number of hydrogen-bond donors (Lipinski definition) is 7. The van der Waals surface area contributed by atoms with Crippen LogP contribution in [0.2, 0.25) is 5.02 Å². The molecule has 4 aromatic rings. The van der Waals surface area contributed by atoms with Gasteiger partial charge in [-0.15, -0.1) is 13.2 Å². The molecular formula is C26H15ClF8N4O8. The number of nitrogens with one attached hydrogen (secondary N) is 2. The molecule has 0 aliphatic carbocycles. The topological polar surface area (TPSA) is 186 Å². The number of anilines is 1. The van der Waals surface area contributed by atoms with Crippen molar-refractivity contribution in [3.63, 3.8) is 0 Å². The lowest BCUT2D eigenvalue weighted by atomic mass is 9.95. The van der Waals surface area contributed by atoms with Crippen molar-refractivity contribution in [2.75, 3.05) is 5.32 Å². The van der Waals surface area contributed by atoms with Gasteiger partial charge >= 0.3 is 30.1 Å². The van der Waals surface area contributed by atoms with Gasteiger partial charge in [-0.3, -0.25) is 9.59 Å². The van der Waals surface area contributed by atoms with Crippen LogP contribution in [0.4, 0.5) is 40.8 Å². The molecule has 47 heavy (non-hydrogen) atoms. The molecule has 7 N–H and O–H groups in total. The Kier molecular flexibility index (Phi) is 7.70. The summed E-state index contributed by atoms with van der Waals surface area (Å²) >= 11 is 6.14. The van der Waals surface area contributed by atoms with Gasteiger partial charge < -0.3 is 36.2 Å². The van der Waals surface area contributed by atoms with E-state index in [1.807, 2.05) is 5.32 Å². The Bertz CT molecular complexity index is 2050. The third kappa shape index (κ3) is 5.57. The van der Waals surface area contributed by atoms with E-state index in [2.05, 4.69) is 5.32 Å². The quantitative estimate of drug-likeness (QED) is 0.122. The molecular weight excluding hydrogens is 684 g/mol. The molecule has 1 aromatic heterocycles. The Morgan fingerprint density at radius 2 is 1.51 bits per heavy atom. The number of benzene rings is 3. The van der Waals surface area contributed by atoms with Gasteiger partial charge in [0.2, 0.25) is 0 Å². The maximum absolute atomic E-state index is 14.3. The van der Waals surface area contributed by atoms with Gasteiger partial charge in [0.1, 0.15) is 11.6 Å². The summed E-state index contributed by atoms with van der Waals surface area (Å²) in [4.78, 5) is 39.5. The molecule has 250 valence electrons. The molecule has 2 heterocycles. The van der Waals surface area contributed by atoms with Crippen LogP contribution in [0.25, 0.3) is 11.0 Å². The van der Waals surface area contributed by atoms with Crippen molar-refractivity contribution in [2.24, 2.45) is 0 Å². The highest BCUT2D eigenvalue weighted by Crippen LogP contribution is 2.45. The number of halogens is 9. The summed E-state index contributed by atoms with van der Waals surface area (Å²) in [5.74, 6) is -15.2. The molecule has 0 saturated carbocycles. The molecule has 0 bridgehead atoms. The zero-order valence-corrected chi connectivity index (χ0v) is 23.1. The van der Waals surface area contributed by atoms with Gasteiger partial charge in [0.25, 0.3) is 11.8 Å². The van der Waals surface area contributed by atoms with Crippen molar-refractivity contribution in [2.45, 2.75) is 30.4 Å². The maximum atomic E-state index is 14.3. The number of carbonyl (C=O) groups excluding carboxylic acids is 2. The molecule has 21 heteroatoms. The lowest BCUT2D eigenvalue weighted by molar-refractivity contribution is -0.480. The van der Waals surface area contributed by atoms with E-state index in [9.17, 15) is 75.0 Å². The highest BCUT2D eigenvalue weighted by molar-refractivity contribution is 6.31. The van der Waals surface area contributed by atoms with Crippen LogP contribution < -0.4 is 16.3 Å². The van der Waals surface area contributed by atoms with E-state index < -0.39 is 108 Å². The molecule has 2 amide bonds. The van der Waals surface area contributed by atoms with Gasteiger partial charge in [-0.1, -0.05) is 11.6 Å². The number of nitrogens with zero attached hydrogens (tertiary/aromatic N) is 2. The molecule has 0 saturated heterocycles. The van der Waals surface area contributed by atoms with Gasteiger partial charge in [0, 0.05) is 27.4 Å². The average molecular weight is 699 g/mol. The van der Waals surface area contributed by atoms with Crippen LogP contribution in [0, 0.1) is 11.6 Å². The summed E-state index contributed by atoms with van der Waals surface area (Å²) in [6.07, 6.45) is -11.0. The number of alkyl halides is 6. The van der Waals surface area contributed by atoms with Crippen LogP contribution in [0.1, 0.15) is 43.4 Å². The second-order valence-electron chi connectivity index (χ2n) is 10.0. The number of rotatable bonds is 5.